The number of anilines is 1. The first-order valence-corrected chi connectivity index (χ1v) is 7.13. The van der Waals surface area contributed by atoms with Crippen molar-refractivity contribution in [3.63, 3.8) is 0 Å². The average Bonchev–Trinajstić information content (AvgIpc) is 2.98. The number of rotatable bonds is 7. The molecule has 2 N–H and O–H groups in total. The molecule has 0 saturated heterocycles. The molecule has 1 heterocycles. The third-order valence-corrected chi connectivity index (χ3v) is 2.98. The lowest BCUT2D eigenvalue weighted by Crippen LogP contribution is -2.24. The zero-order valence-electron chi connectivity index (χ0n) is 12.4. The second-order valence-electron chi connectivity index (χ2n) is 5.18. The number of hydrogen-bond donors (Lipinski definition) is 2. The Kier molecular flexibility index (Phi) is 5.45. The SMILES string of the molecule is CC(C)NCCCC(=O)Nc1cccc(-n2cnnc2)c1. The van der Waals surface area contributed by atoms with Gasteiger partial charge in [-0.15, -0.1) is 10.2 Å². The molecular weight excluding hydrogens is 266 g/mol. The Balaban J connectivity index is 1.85. The van der Waals surface area contributed by atoms with Crippen molar-refractivity contribution in [2.24, 2.45) is 0 Å². The van der Waals surface area contributed by atoms with Gasteiger partial charge in [0.2, 0.25) is 5.91 Å². The quantitative estimate of drug-likeness (QED) is 0.764. The summed E-state index contributed by atoms with van der Waals surface area (Å²) in [4.78, 5) is 11.9. The number of nitrogens with one attached hydrogen (secondary N) is 2. The molecule has 0 fully saturated rings. The smallest absolute Gasteiger partial charge is 0.224 e. The number of amides is 1. The summed E-state index contributed by atoms with van der Waals surface area (Å²) in [7, 11) is 0. The molecule has 1 amide bonds. The first-order valence-electron chi connectivity index (χ1n) is 7.13. The van der Waals surface area contributed by atoms with E-state index in [1.807, 2.05) is 24.3 Å². The van der Waals surface area contributed by atoms with E-state index in [-0.39, 0.29) is 5.91 Å². The minimum absolute atomic E-state index is 0.0291. The molecule has 0 aliphatic heterocycles. The Morgan fingerprint density at radius 3 is 2.76 bits per heavy atom. The van der Waals surface area contributed by atoms with E-state index < -0.39 is 0 Å². The van der Waals surface area contributed by atoms with E-state index in [0.29, 0.717) is 12.5 Å². The fourth-order valence-corrected chi connectivity index (χ4v) is 1.94. The van der Waals surface area contributed by atoms with Crippen molar-refractivity contribution in [2.75, 3.05) is 11.9 Å². The van der Waals surface area contributed by atoms with Gasteiger partial charge in [0.15, 0.2) is 0 Å². The summed E-state index contributed by atoms with van der Waals surface area (Å²) in [5.41, 5.74) is 1.70. The lowest BCUT2D eigenvalue weighted by Gasteiger charge is -2.09. The topological polar surface area (TPSA) is 71.8 Å². The van der Waals surface area contributed by atoms with Gasteiger partial charge in [-0.3, -0.25) is 9.36 Å². The third-order valence-electron chi connectivity index (χ3n) is 2.98. The summed E-state index contributed by atoms with van der Waals surface area (Å²) in [6, 6.07) is 8.05. The van der Waals surface area contributed by atoms with Crippen molar-refractivity contribution in [3.05, 3.63) is 36.9 Å². The summed E-state index contributed by atoms with van der Waals surface area (Å²) in [5, 5.41) is 13.8. The van der Waals surface area contributed by atoms with E-state index in [2.05, 4.69) is 34.7 Å². The number of carbonyl (C=O) groups is 1. The van der Waals surface area contributed by atoms with Crippen LogP contribution in [-0.2, 0) is 4.79 Å². The Bertz CT molecular complexity index is 565. The van der Waals surface area contributed by atoms with Crippen molar-refractivity contribution in [1.82, 2.24) is 20.1 Å². The van der Waals surface area contributed by atoms with Gasteiger partial charge in [0.25, 0.3) is 0 Å². The summed E-state index contributed by atoms with van der Waals surface area (Å²) in [6.45, 7) is 5.04. The van der Waals surface area contributed by atoms with Crippen LogP contribution in [0.3, 0.4) is 0 Å². The monoisotopic (exact) mass is 287 g/mol. The predicted octanol–water partition coefficient (Wildman–Crippen LogP) is 1.98. The van der Waals surface area contributed by atoms with E-state index in [1.54, 1.807) is 17.2 Å². The molecule has 2 rings (SSSR count). The second-order valence-corrected chi connectivity index (χ2v) is 5.18. The highest BCUT2D eigenvalue weighted by molar-refractivity contribution is 5.90. The Morgan fingerprint density at radius 2 is 2.05 bits per heavy atom. The van der Waals surface area contributed by atoms with Gasteiger partial charge in [0, 0.05) is 18.2 Å². The van der Waals surface area contributed by atoms with Crippen molar-refractivity contribution in [3.8, 4) is 5.69 Å². The van der Waals surface area contributed by atoms with Crippen LogP contribution in [0.2, 0.25) is 0 Å². The third kappa shape index (κ3) is 5.00. The van der Waals surface area contributed by atoms with Crippen LogP contribution in [-0.4, -0.2) is 33.3 Å². The van der Waals surface area contributed by atoms with Gasteiger partial charge in [-0.2, -0.15) is 0 Å². The van der Waals surface area contributed by atoms with E-state index in [1.165, 1.54) is 0 Å². The van der Waals surface area contributed by atoms with Crippen molar-refractivity contribution in [2.45, 2.75) is 32.7 Å². The molecule has 1 aromatic heterocycles. The number of aromatic nitrogens is 3. The van der Waals surface area contributed by atoms with Crippen LogP contribution in [0.25, 0.3) is 5.69 Å². The summed E-state index contributed by atoms with van der Waals surface area (Å²) in [5.74, 6) is 0.0291. The van der Waals surface area contributed by atoms with E-state index in [9.17, 15) is 4.79 Å². The molecule has 0 aliphatic carbocycles. The number of hydrogen-bond acceptors (Lipinski definition) is 4. The molecule has 6 heteroatoms. The molecular formula is C15H21N5O. The van der Waals surface area contributed by atoms with Crippen LogP contribution in [0.5, 0.6) is 0 Å². The molecule has 112 valence electrons. The lowest BCUT2D eigenvalue weighted by molar-refractivity contribution is -0.116. The van der Waals surface area contributed by atoms with Crippen molar-refractivity contribution < 1.29 is 4.79 Å². The predicted molar refractivity (Wildman–Crippen MR) is 82.4 cm³/mol. The number of nitrogens with zero attached hydrogens (tertiary/aromatic N) is 3. The molecule has 0 spiro atoms. The Hall–Kier alpha value is -2.21. The van der Waals surface area contributed by atoms with E-state index in [0.717, 1.165) is 24.3 Å². The highest BCUT2D eigenvalue weighted by Crippen LogP contribution is 2.14. The summed E-state index contributed by atoms with van der Waals surface area (Å²) in [6.07, 6.45) is 4.59. The van der Waals surface area contributed by atoms with Gasteiger partial charge >= 0.3 is 0 Å². The molecule has 0 radical (unpaired) electrons. The average molecular weight is 287 g/mol. The van der Waals surface area contributed by atoms with Crippen molar-refractivity contribution in [1.29, 1.82) is 0 Å². The Labute approximate surface area is 124 Å². The molecule has 21 heavy (non-hydrogen) atoms. The summed E-state index contributed by atoms with van der Waals surface area (Å²) >= 11 is 0. The van der Waals surface area contributed by atoms with Crippen LogP contribution in [0.4, 0.5) is 5.69 Å². The van der Waals surface area contributed by atoms with E-state index >= 15 is 0 Å². The maximum atomic E-state index is 11.9. The van der Waals surface area contributed by atoms with Gasteiger partial charge in [-0.05, 0) is 31.2 Å². The molecule has 0 unspecified atom stereocenters. The van der Waals surface area contributed by atoms with E-state index in [4.69, 9.17) is 0 Å². The largest absolute Gasteiger partial charge is 0.326 e. The first kappa shape index (κ1) is 15.2. The molecule has 2 aromatic rings. The van der Waals surface area contributed by atoms with Crippen LogP contribution in [0.15, 0.2) is 36.9 Å². The van der Waals surface area contributed by atoms with Gasteiger partial charge in [0.05, 0.1) is 5.69 Å². The number of benzene rings is 1. The fraction of sp³-hybridized carbons (Fsp3) is 0.400. The first-order chi connectivity index (χ1) is 10.1. The van der Waals surface area contributed by atoms with Gasteiger partial charge < -0.3 is 10.6 Å². The van der Waals surface area contributed by atoms with Gasteiger partial charge in [-0.25, -0.2) is 0 Å². The standard InChI is InChI=1S/C15H21N5O/c1-12(2)16-8-4-7-15(21)19-13-5-3-6-14(9-13)20-10-17-18-11-20/h3,5-6,9-12,16H,4,7-8H2,1-2H3,(H,19,21). The zero-order chi connectivity index (χ0) is 15.1. The maximum absolute atomic E-state index is 11.9. The van der Waals surface area contributed by atoms with Crippen LogP contribution < -0.4 is 10.6 Å². The normalized spacial score (nSPS) is 10.8. The molecule has 1 aromatic carbocycles. The molecule has 0 aliphatic rings. The highest BCUT2D eigenvalue weighted by atomic mass is 16.1. The molecule has 6 nitrogen and oxygen atoms in total. The number of carbonyl (C=O) groups excluding carboxylic acids is 1. The fourth-order valence-electron chi connectivity index (χ4n) is 1.94. The minimum Gasteiger partial charge on any atom is -0.326 e. The zero-order valence-corrected chi connectivity index (χ0v) is 12.4. The molecule has 0 saturated carbocycles. The molecule has 0 bridgehead atoms. The van der Waals surface area contributed by atoms with Crippen molar-refractivity contribution >= 4 is 11.6 Å². The molecule has 0 atom stereocenters. The van der Waals surface area contributed by atoms with Crippen LogP contribution >= 0.6 is 0 Å². The maximum Gasteiger partial charge on any atom is 0.224 e. The Morgan fingerprint density at radius 1 is 1.29 bits per heavy atom. The minimum atomic E-state index is 0.0291. The second kappa shape index (κ2) is 7.54. The van der Waals surface area contributed by atoms with Crippen LogP contribution in [0.1, 0.15) is 26.7 Å². The van der Waals surface area contributed by atoms with Gasteiger partial charge in [0.1, 0.15) is 12.7 Å². The lowest BCUT2D eigenvalue weighted by atomic mass is 10.2. The van der Waals surface area contributed by atoms with Crippen LogP contribution in [0, 0.1) is 0 Å². The highest BCUT2D eigenvalue weighted by Gasteiger charge is 2.04. The summed E-state index contributed by atoms with van der Waals surface area (Å²) < 4.78 is 1.79. The van der Waals surface area contributed by atoms with Gasteiger partial charge in [-0.1, -0.05) is 19.9 Å².